The second-order valence-corrected chi connectivity index (χ2v) is 6.65. The van der Waals surface area contributed by atoms with E-state index in [-0.39, 0.29) is 22.2 Å². The third-order valence-electron chi connectivity index (χ3n) is 2.63. The number of nitrogens with zero attached hydrogens (tertiary/aromatic N) is 1. The van der Waals surface area contributed by atoms with Crippen molar-refractivity contribution >= 4 is 38.9 Å². The molecule has 0 aliphatic rings. The van der Waals surface area contributed by atoms with Gasteiger partial charge in [-0.05, 0) is 25.7 Å². The topological polar surface area (TPSA) is 75.4 Å². The van der Waals surface area contributed by atoms with Gasteiger partial charge in [0.15, 0.2) is 0 Å². The van der Waals surface area contributed by atoms with Crippen LogP contribution in [0, 0.1) is 0 Å². The van der Waals surface area contributed by atoms with Crippen molar-refractivity contribution in [2.45, 2.75) is 11.8 Å². The Morgan fingerprint density at radius 2 is 2.00 bits per heavy atom. The van der Waals surface area contributed by atoms with Gasteiger partial charge in [-0.3, -0.25) is 0 Å². The van der Waals surface area contributed by atoms with Crippen LogP contribution in [0.3, 0.4) is 0 Å². The molecular formula is C11H17Cl2N3O2S. The fraction of sp³-hybridized carbons (Fsp3) is 0.455. The van der Waals surface area contributed by atoms with E-state index < -0.39 is 10.0 Å². The highest BCUT2D eigenvalue weighted by Crippen LogP contribution is 2.30. The summed E-state index contributed by atoms with van der Waals surface area (Å²) in [6, 6.07) is 2.71. The summed E-state index contributed by atoms with van der Waals surface area (Å²) in [5.41, 5.74) is 5.70. The highest BCUT2D eigenvalue weighted by molar-refractivity contribution is 7.89. The molecule has 0 aliphatic heterocycles. The number of benzene rings is 1. The maximum absolute atomic E-state index is 12.1. The molecule has 0 bridgehead atoms. The van der Waals surface area contributed by atoms with Crippen LogP contribution in [-0.4, -0.2) is 40.0 Å². The zero-order chi connectivity index (χ0) is 14.6. The first-order valence-electron chi connectivity index (χ1n) is 5.70. The molecule has 0 spiro atoms. The van der Waals surface area contributed by atoms with Gasteiger partial charge in [0.1, 0.15) is 4.90 Å². The van der Waals surface area contributed by atoms with E-state index >= 15 is 0 Å². The highest BCUT2D eigenvalue weighted by atomic mass is 35.5. The number of sulfonamides is 1. The fourth-order valence-corrected chi connectivity index (χ4v) is 3.47. The van der Waals surface area contributed by atoms with E-state index in [0.29, 0.717) is 11.6 Å². The number of nitrogen functional groups attached to an aromatic ring is 1. The summed E-state index contributed by atoms with van der Waals surface area (Å²) in [6.45, 7) is 3.71. The summed E-state index contributed by atoms with van der Waals surface area (Å²) in [5.74, 6) is 0. The van der Waals surface area contributed by atoms with E-state index in [2.05, 4.69) is 4.72 Å². The third kappa shape index (κ3) is 4.50. The number of nitrogens with two attached hydrogens (primary N) is 1. The maximum atomic E-state index is 12.1. The van der Waals surface area contributed by atoms with Crippen molar-refractivity contribution in [3.05, 3.63) is 22.2 Å². The number of hydrogen-bond acceptors (Lipinski definition) is 4. The lowest BCUT2D eigenvalue weighted by atomic mass is 10.3. The number of hydrogen-bond donors (Lipinski definition) is 2. The molecule has 0 unspecified atom stereocenters. The zero-order valence-corrected chi connectivity index (χ0v) is 13.1. The number of rotatable bonds is 6. The van der Waals surface area contributed by atoms with Gasteiger partial charge in [-0.15, -0.1) is 0 Å². The number of nitrogens with one attached hydrogen (secondary N) is 1. The Morgan fingerprint density at radius 3 is 2.53 bits per heavy atom. The molecule has 8 heteroatoms. The molecule has 0 amide bonds. The van der Waals surface area contributed by atoms with Gasteiger partial charge in [0.2, 0.25) is 10.0 Å². The van der Waals surface area contributed by atoms with Gasteiger partial charge in [0.25, 0.3) is 0 Å². The van der Waals surface area contributed by atoms with Crippen molar-refractivity contribution in [2.75, 3.05) is 32.4 Å². The van der Waals surface area contributed by atoms with Gasteiger partial charge in [-0.2, -0.15) is 0 Å². The predicted molar refractivity (Wildman–Crippen MR) is 79.2 cm³/mol. The van der Waals surface area contributed by atoms with Crippen molar-refractivity contribution in [1.82, 2.24) is 9.62 Å². The molecule has 0 saturated carbocycles. The van der Waals surface area contributed by atoms with E-state index in [1.807, 2.05) is 18.9 Å². The molecule has 5 nitrogen and oxygen atoms in total. The van der Waals surface area contributed by atoms with Crippen molar-refractivity contribution < 1.29 is 8.42 Å². The summed E-state index contributed by atoms with van der Waals surface area (Å²) in [6.07, 6.45) is 0. The van der Waals surface area contributed by atoms with Crippen LogP contribution < -0.4 is 10.5 Å². The lowest BCUT2D eigenvalue weighted by molar-refractivity contribution is 0.358. The van der Waals surface area contributed by atoms with E-state index in [4.69, 9.17) is 28.9 Å². The van der Waals surface area contributed by atoms with E-state index in [1.54, 1.807) is 0 Å². The minimum atomic E-state index is -3.73. The maximum Gasteiger partial charge on any atom is 0.244 e. The van der Waals surface area contributed by atoms with Crippen LogP contribution >= 0.6 is 23.2 Å². The van der Waals surface area contributed by atoms with Crippen LogP contribution in [0.2, 0.25) is 10.0 Å². The predicted octanol–water partition coefficient (Wildman–Crippen LogP) is 1.81. The lowest BCUT2D eigenvalue weighted by Crippen LogP contribution is -2.33. The highest BCUT2D eigenvalue weighted by Gasteiger charge is 2.21. The molecule has 1 aromatic rings. The van der Waals surface area contributed by atoms with Gasteiger partial charge in [-0.1, -0.05) is 30.1 Å². The normalized spacial score (nSPS) is 12.1. The SMILES string of the molecule is CCN(C)CCNS(=O)(=O)c1c(N)cc(Cl)cc1Cl. The largest absolute Gasteiger partial charge is 0.398 e. The molecule has 0 aromatic heterocycles. The van der Waals surface area contributed by atoms with Crippen LogP contribution in [0.25, 0.3) is 0 Å². The average molecular weight is 326 g/mol. The molecule has 0 atom stereocenters. The van der Waals surface area contributed by atoms with Gasteiger partial charge < -0.3 is 10.6 Å². The van der Waals surface area contributed by atoms with Crippen molar-refractivity contribution in [3.63, 3.8) is 0 Å². The number of anilines is 1. The molecule has 108 valence electrons. The fourth-order valence-electron chi connectivity index (χ4n) is 1.46. The molecule has 0 heterocycles. The molecule has 19 heavy (non-hydrogen) atoms. The third-order valence-corrected chi connectivity index (χ3v) is 4.84. The summed E-state index contributed by atoms with van der Waals surface area (Å²) in [4.78, 5) is 1.85. The second kappa shape index (κ2) is 6.76. The van der Waals surface area contributed by atoms with Crippen LogP contribution in [0.1, 0.15) is 6.92 Å². The Bertz CT molecular complexity index is 526. The summed E-state index contributed by atoms with van der Waals surface area (Å²) in [7, 11) is -1.83. The molecule has 3 N–H and O–H groups in total. The average Bonchev–Trinajstić information content (AvgIpc) is 2.26. The van der Waals surface area contributed by atoms with E-state index in [1.165, 1.54) is 12.1 Å². The number of halogens is 2. The molecule has 0 fully saturated rings. The van der Waals surface area contributed by atoms with Gasteiger partial charge in [0.05, 0.1) is 10.7 Å². The Hall–Kier alpha value is -0.530. The minimum absolute atomic E-state index is 0.0151. The number of likely N-dealkylation sites (N-methyl/N-ethyl adjacent to an activating group) is 1. The van der Waals surface area contributed by atoms with Crippen LogP contribution in [0.5, 0.6) is 0 Å². The summed E-state index contributed by atoms with van der Waals surface area (Å²) >= 11 is 11.6. The van der Waals surface area contributed by atoms with Gasteiger partial charge >= 0.3 is 0 Å². The van der Waals surface area contributed by atoms with E-state index in [9.17, 15) is 8.42 Å². The Kier molecular flexibility index (Phi) is 5.88. The van der Waals surface area contributed by atoms with Gasteiger partial charge in [-0.25, -0.2) is 13.1 Å². The Labute approximate surface area is 123 Å². The van der Waals surface area contributed by atoms with E-state index in [0.717, 1.165) is 6.54 Å². The summed E-state index contributed by atoms with van der Waals surface area (Å²) < 4.78 is 26.7. The minimum Gasteiger partial charge on any atom is -0.398 e. The van der Waals surface area contributed by atoms with Crippen molar-refractivity contribution in [3.8, 4) is 0 Å². The standard InChI is InChI=1S/C11H17Cl2N3O2S/c1-3-16(2)5-4-15-19(17,18)11-9(13)6-8(12)7-10(11)14/h6-7,15H,3-5,14H2,1-2H3. The van der Waals surface area contributed by atoms with Crippen molar-refractivity contribution in [1.29, 1.82) is 0 Å². The molecule has 0 aliphatic carbocycles. The first-order chi connectivity index (χ1) is 8.77. The summed E-state index contributed by atoms with van der Waals surface area (Å²) in [5, 5.41) is 0.313. The molecule has 1 aromatic carbocycles. The van der Waals surface area contributed by atoms with Gasteiger partial charge in [0, 0.05) is 18.1 Å². The molecule has 0 radical (unpaired) electrons. The van der Waals surface area contributed by atoms with Crippen molar-refractivity contribution in [2.24, 2.45) is 0 Å². The molecular weight excluding hydrogens is 309 g/mol. The first-order valence-corrected chi connectivity index (χ1v) is 7.94. The monoisotopic (exact) mass is 325 g/mol. The van der Waals surface area contributed by atoms with Crippen LogP contribution in [0.4, 0.5) is 5.69 Å². The Balaban J connectivity index is 2.89. The zero-order valence-electron chi connectivity index (χ0n) is 10.8. The van der Waals surface area contributed by atoms with Crippen LogP contribution in [0.15, 0.2) is 17.0 Å². The smallest absolute Gasteiger partial charge is 0.244 e. The quantitative estimate of drug-likeness (QED) is 0.782. The molecule has 1 rings (SSSR count). The van der Waals surface area contributed by atoms with Crippen LogP contribution in [-0.2, 0) is 10.0 Å². The first kappa shape index (κ1) is 16.5. The second-order valence-electron chi connectivity index (χ2n) is 4.10. The Morgan fingerprint density at radius 1 is 1.37 bits per heavy atom. The lowest BCUT2D eigenvalue weighted by Gasteiger charge is -2.15. The molecule has 0 saturated heterocycles.